The molecule has 2 N–H and O–H groups in total. The lowest BCUT2D eigenvalue weighted by molar-refractivity contribution is -0.122. The number of fused-ring (bicyclic) bond motifs is 2. The normalized spacial score (nSPS) is 14.4. The van der Waals surface area contributed by atoms with E-state index in [1.54, 1.807) is 0 Å². The Morgan fingerprint density at radius 3 is 2.79 bits per heavy atom. The van der Waals surface area contributed by atoms with E-state index in [0.29, 0.717) is 19.8 Å². The van der Waals surface area contributed by atoms with Crippen molar-refractivity contribution in [3.05, 3.63) is 64.7 Å². The third-order valence-corrected chi connectivity index (χ3v) is 5.12. The zero-order valence-corrected chi connectivity index (χ0v) is 15.9. The van der Waals surface area contributed by atoms with Crippen LogP contribution in [0.1, 0.15) is 39.9 Å². The molecule has 0 radical (unpaired) electrons. The first-order chi connectivity index (χ1) is 13.7. The molecule has 0 fully saturated rings. The van der Waals surface area contributed by atoms with E-state index >= 15 is 0 Å². The Bertz CT molecular complexity index is 822. The van der Waals surface area contributed by atoms with Gasteiger partial charge in [-0.05, 0) is 48.1 Å². The number of para-hydroxylation sites is 1. The van der Waals surface area contributed by atoms with Gasteiger partial charge in [-0.3, -0.25) is 9.59 Å². The van der Waals surface area contributed by atoms with Gasteiger partial charge in [0.15, 0.2) is 0 Å². The van der Waals surface area contributed by atoms with Crippen LogP contribution in [0, 0.1) is 0 Å². The molecule has 2 heterocycles. The first kappa shape index (κ1) is 19.9. The molecular formula is C22H26N2O4. The first-order valence-corrected chi connectivity index (χ1v) is 9.62. The second kappa shape index (κ2) is 9.90. The summed E-state index contributed by atoms with van der Waals surface area (Å²) in [6.45, 7) is 3.69. The summed E-state index contributed by atoms with van der Waals surface area (Å²) in [7, 11) is 0. The predicted octanol–water partition coefficient (Wildman–Crippen LogP) is 2.99. The lowest BCUT2D eigenvalue weighted by Gasteiger charge is -2.31. The standard InChI is InChI=1S/C21H24N2O2.CH2O2/c24-21(18-9-3-7-17-14-25-15-19(17)18)22-11-5-13-23-12-4-8-16-6-1-2-10-20(16)23;2-1-3/h1-3,6-7,9-10H,4-5,8,11-15H2,(H,22,24);1H,(H,2,3). The van der Waals surface area contributed by atoms with Crippen LogP contribution in [0.4, 0.5) is 5.69 Å². The van der Waals surface area contributed by atoms with Gasteiger partial charge in [-0.1, -0.05) is 30.3 Å². The minimum absolute atomic E-state index is 0.0152. The van der Waals surface area contributed by atoms with Crippen LogP contribution in [0.5, 0.6) is 0 Å². The predicted molar refractivity (Wildman–Crippen MR) is 108 cm³/mol. The number of hydrogen-bond donors (Lipinski definition) is 2. The molecule has 0 bridgehead atoms. The molecule has 0 aliphatic carbocycles. The van der Waals surface area contributed by atoms with Gasteiger partial charge in [0.05, 0.1) is 13.2 Å². The largest absolute Gasteiger partial charge is 0.483 e. The van der Waals surface area contributed by atoms with E-state index in [1.165, 1.54) is 24.1 Å². The van der Waals surface area contributed by atoms with E-state index in [0.717, 1.165) is 36.2 Å². The summed E-state index contributed by atoms with van der Waals surface area (Å²) in [5, 5.41) is 9.96. The van der Waals surface area contributed by atoms with Gasteiger partial charge in [-0.2, -0.15) is 0 Å². The molecular weight excluding hydrogens is 356 g/mol. The molecule has 0 saturated carbocycles. The molecule has 1 amide bonds. The van der Waals surface area contributed by atoms with E-state index < -0.39 is 0 Å². The van der Waals surface area contributed by atoms with Gasteiger partial charge in [-0.25, -0.2) is 0 Å². The number of carboxylic acid groups (broad SMARTS) is 1. The quantitative estimate of drug-likeness (QED) is 0.614. The number of nitrogens with one attached hydrogen (secondary N) is 1. The lowest BCUT2D eigenvalue weighted by atomic mass is 10.0. The zero-order chi connectivity index (χ0) is 19.8. The minimum Gasteiger partial charge on any atom is -0.483 e. The van der Waals surface area contributed by atoms with Crippen LogP contribution in [0.3, 0.4) is 0 Å². The number of benzene rings is 2. The molecule has 2 aliphatic rings. The number of hydrogen-bond acceptors (Lipinski definition) is 4. The highest BCUT2D eigenvalue weighted by atomic mass is 16.5. The summed E-state index contributed by atoms with van der Waals surface area (Å²) in [6.07, 6.45) is 3.33. The third-order valence-electron chi connectivity index (χ3n) is 5.12. The van der Waals surface area contributed by atoms with Gasteiger partial charge in [0.1, 0.15) is 0 Å². The Morgan fingerprint density at radius 1 is 1.14 bits per heavy atom. The zero-order valence-electron chi connectivity index (χ0n) is 15.9. The van der Waals surface area contributed by atoms with Crippen molar-refractivity contribution in [2.24, 2.45) is 0 Å². The minimum atomic E-state index is -0.250. The smallest absolute Gasteiger partial charge is 0.290 e. The highest BCUT2D eigenvalue weighted by molar-refractivity contribution is 5.96. The van der Waals surface area contributed by atoms with Crippen molar-refractivity contribution in [2.75, 3.05) is 24.5 Å². The maximum Gasteiger partial charge on any atom is 0.290 e. The number of anilines is 1. The van der Waals surface area contributed by atoms with Gasteiger partial charge in [0.25, 0.3) is 12.4 Å². The van der Waals surface area contributed by atoms with Crippen LogP contribution in [-0.2, 0) is 29.2 Å². The van der Waals surface area contributed by atoms with Gasteiger partial charge >= 0.3 is 0 Å². The monoisotopic (exact) mass is 382 g/mol. The Morgan fingerprint density at radius 2 is 1.93 bits per heavy atom. The number of ether oxygens (including phenoxy) is 1. The third kappa shape index (κ3) is 4.70. The molecule has 0 atom stereocenters. The molecule has 2 aromatic carbocycles. The fourth-order valence-corrected chi connectivity index (χ4v) is 3.83. The Hall–Kier alpha value is -2.86. The second-order valence-electron chi connectivity index (χ2n) is 6.87. The van der Waals surface area contributed by atoms with Crippen molar-refractivity contribution in [1.29, 1.82) is 0 Å². The van der Waals surface area contributed by atoms with Crippen LogP contribution in [-0.4, -0.2) is 37.1 Å². The van der Waals surface area contributed by atoms with Gasteiger partial charge < -0.3 is 20.1 Å². The highest BCUT2D eigenvalue weighted by Gasteiger charge is 2.19. The van der Waals surface area contributed by atoms with E-state index in [4.69, 9.17) is 14.6 Å². The van der Waals surface area contributed by atoms with Crippen LogP contribution >= 0.6 is 0 Å². The molecule has 0 saturated heterocycles. The molecule has 2 aromatic rings. The number of nitrogens with zero attached hydrogens (tertiary/aromatic N) is 1. The average molecular weight is 382 g/mol. The summed E-state index contributed by atoms with van der Waals surface area (Å²) in [4.78, 5) is 23.3. The van der Waals surface area contributed by atoms with Gasteiger partial charge in [-0.15, -0.1) is 0 Å². The van der Waals surface area contributed by atoms with Crippen LogP contribution in [0.2, 0.25) is 0 Å². The fraction of sp³-hybridized carbons (Fsp3) is 0.364. The molecule has 148 valence electrons. The molecule has 4 rings (SSSR count). The van der Waals surface area contributed by atoms with Crippen molar-refractivity contribution in [3.8, 4) is 0 Å². The summed E-state index contributed by atoms with van der Waals surface area (Å²) < 4.78 is 5.46. The highest BCUT2D eigenvalue weighted by Crippen LogP contribution is 2.26. The second-order valence-corrected chi connectivity index (χ2v) is 6.87. The topological polar surface area (TPSA) is 78.9 Å². The summed E-state index contributed by atoms with van der Waals surface area (Å²) in [5.41, 5.74) is 5.75. The van der Waals surface area contributed by atoms with E-state index in [1.807, 2.05) is 18.2 Å². The molecule has 6 heteroatoms. The van der Waals surface area contributed by atoms with Crippen LogP contribution in [0.15, 0.2) is 42.5 Å². The number of aryl methyl sites for hydroxylation is 1. The first-order valence-electron chi connectivity index (χ1n) is 9.62. The van der Waals surface area contributed by atoms with E-state index in [2.05, 4.69) is 34.5 Å². The maximum absolute atomic E-state index is 12.5. The molecule has 28 heavy (non-hydrogen) atoms. The number of carbonyl (C=O) groups is 2. The summed E-state index contributed by atoms with van der Waals surface area (Å²) in [6, 6.07) is 14.5. The number of carbonyl (C=O) groups excluding carboxylic acids is 1. The number of rotatable bonds is 5. The van der Waals surface area contributed by atoms with E-state index in [9.17, 15) is 4.79 Å². The Labute approximate surface area is 165 Å². The molecule has 0 unspecified atom stereocenters. The van der Waals surface area contributed by atoms with Crippen LogP contribution < -0.4 is 10.2 Å². The van der Waals surface area contributed by atoms with Crippen molar-refractivity contribution in [1.82, 2.24) is 5.32 Å². The number of amides is 1. The fourth-order valence-electron chi connectivity index (χ4n) is 3.83. The maximum atomic E-state index is 12.5. The Balaban J connectivity index is 0.000000706. The van der Waals surface area contributed by atoms with Crippen molar-refractivity contribution in [2.45, 2.75) is 32.5 Å². The average Bonchev–Trinajstić information content (AvgIpc) is 3.20. The van der Waals surface area contributed by atoms with Gasteiger partial charge in [0.2, 0.25) is 0 Å². The summed E-state index contributed by atoms with van der Waals surface area (Å²) in [5.74, 6) is 0.0152. The van der Waals surface area contributed by atoms with E-state index in [-0.39, 0.29) is 12.4 Å². The molecule has 2 aliphatic heterocycles. The molecule has 0 spiro atoms. The molecule has 0 aromatic heterocycles. The SMILES string of the molecule is O=C(NCCCN1CCCc2ccccc21)c1cccc2c1COC2.O=CO. The van der Waals surface area contributed by atoms with Crippen molar-refractivity contribution in [3.63, 3.8) is 0 Å². The Kier molecular flexibility index (Phi) is 7.03. The van der Waals surface area contributed by atoms with Crippen molar-refractivity contribution >= 4 is 18.1 Å². The summed E-state index contributed by atoms with van der Waals surface area (Å²) >= 11 is 0. The van der Waals surface area contributed by atoms with Crippen LogP contribution in [0.25, 0.3) is 0 Å². The molecule has 6 nitrogen and oxygen atoms in total. The van der Waals surface area contributed by atoms with Gasteiger partial charge in [0, 0.05) is 30.9 Å². The van der Waals surface area contributed by atoms with Crippen molar-refractivity contribution < 1.29 is 19.4 Å². The lowest BCUT2D eigenvalue weighted by Crippen LogP contribution is -2.33.